The fourth-order valence-electron chi connectivity index (χ4n) is 3.76. The fourth-order valence-corrected chi connectivity index (χ4v) is 3.76. The third kappa shape index (κ3) is 3.50. The monoisotopic (exact) mass is 399 g/mol. The molecule has 3 amide bonds. The van der Waals surface area contributed by atoms with E-state index >= 15 is 0 Å². The van der Waals surface area contributed by atoms with Crippen LogP contribution in [0.15, 0.2) is 24.3 Å². The lowest BCUT2D eigenvalue weighted by atomic mass is 9.93. The molecule has 29 heavy (non-hydrogen) atoms. The van der Waals surface area contributed by atoms with E-state index in [0.717, 1.165) is 15.8 Å². The number of amides is 3. The zero-order valence-electron chi connectivity index (χ0n) is 17.0. The van der Waals surface area contributed by atoms with Crippen molar-refractivity contribution in [1.82, 2.24) is 15.2 Å². The second kappa shape index (κ2) is 7.69. The van der Waals surface area contributed by atoms with Gasteiger partial charge in [-0.1, -0.05) is 32.0 Å². The van der Waals surface area contributed by atoms with E-state index in [4.69, 9.17) is 4.74 Å². The van der Waals surface area contributed by atoms with Crippen LogP contribution in [0.4, 0.5) is 4.79 Å². The number of esters is 1. The SMILES string of the molecule is CCC1(CC)NC(=O)N(CC(=O)O[C@@H](C)C(=O)c2c(C)[nH]c3ccccc23)C1=O. The van der Waals surface area contributed by atoms with E-state index in [0.29, 0.717) is 24.1 Å². The molecule has 3 rings (SSSR count). The van der Waals surface area contributed by atoms with Gasteiger partial charge in [-0.3, -0.25) is 19.3 Å². The molecule has 0 unspecified atom stereocenters. The number of para-hydroxylation sites is 1. The molecule has 1 aromatic heterocycles. The molecule has 154 valence electrons. The van der Waals surface area contributed by atoms with E-state index < -0.39 is 36.1 Å². The first-order chi connectivity index (χ1) is 13.7. The van der Waals surface area contributed by atoms with Gasteiger partial charge >= 0.3 is 12.0 Å². The summed E-state index contributed by atoms with van der Waals surface area (Å²) < 4.78 is 5.26. The van der Waals surface area contributed by atoms with Gasteiger partial charge < -0.3 is 15.0 Å². The minimum absolute atomic E-state index is 0.345. The van der Waals surface area contributed by atoms with Crippen LogP contribution in [0.3, 0.4) is 0 Å². The lowest BCUT2D eigenvalue weighted by Gasteiger charge is -2.23. The quantitative estimate of drug-likeness (QED) is 0.423. The summed E-state index contributed by atoms with van der Waals surface area (Å²) in [4.78, 5) is 54.0. The van der Waals surface area contributed by atoms with E-state index in [2.05, 4.69) is 10.3 Å². The van der Waals surface area contributed by atoms with Crippen LogP contribution < -0.4 is 5.32 Å². The van der Waals surface area contributed by atoms with Crippen LogP contribution >= 0.6 is 0 Å². The Morgan fingerprint density at radius 1 is 1.17 bits per heavy atom. The van der Waals surface area contributed by atoms with Crippen LogP contribution in [-0.2, 0) is 14.3 Å². The van der Waals surface area contributed by atoms with Gasteiger partial charge in [0.1, 0.15) is 12.1 Å². The first-order valence-corrected chi connectivity index (χ1v) is 9.69. The number of carbonyl (C=O) groups is 4. The molecule has 2 N–H and O–H groups in total. The molecule has 8 nitrogen and oxygen atoms in total. The highest BCUT2D eigenvalue weighted by Crippen LogP contribution is 2.26. The highest BCUT2D eigenvalue weighted by atomic mass is 16.5. The summed E-state index contributed by atoms with van der Waals surface area (Å²) in [6.45, 7) is 6.33. The first-order valence-electron chi connectivity index (χ1n) is 9.69. The molecule has 1 atom stereocenters. The maximum Gasteiger partial charge on any atom is 0.326 e. The van der Waals surface area contributed by atoms with Gasteiger partial charge in [-0.15, -0.1) is 0 Å². The fraction of sp³-hybridized carbons (Fsp3) is 0.429. The Morgan fingerprint density at radius 2 is 1.83 bits per heavy atom. The Kier molecular flexibility index (Phi) is 5.46. The molecule has 1 saturated heterocycles. The van der Waals surface area contributed by atoms with Crippen LogP contribution in [0, 0.1) is 6.92 Å². The number of benzene rings is 1. The number of fused-ring (bicyclic) bond motifs is 1. The van der Waals surface area contributed by atoms with E-state index in [9.17, 15) is 19.2 Å². The number of urea groups is 1. The molecule has 0 saturated carbocycles. The van der Waals surface area contributed by atoms with Crippen LogP contribution in [-0.4, -0.2) is 51.8 Å². The standard InChI is InChI=1S/C21H25N3O5/c1-5-21(6-2)19(27)24(20(28)23-21)11-16(25)29-13(4)18(26)17-12(3)22-15-10-8-7-9-14(15)17/h7-10,13,22H,5-6,11H2,1-4H3,(H,23,28)/t13-/m0/s1. The number of aryl methyl sites for hydroxylation is 1. The van der Waals surface area contributed by atoms with Crippen molar-refractivity contribution < 1.29 is 23.9 Å². The highest BCUT2D eigenvalue weighted by molar-refractivity contribution is 6.12. The van der Waals surface area contributed by atoms with E-state index in [1.807, 2.05) is 24.3 Å². The number of aromatic nitrogens is 1. The zero-order valence-corrected chi connectivity index (χ0v) is 17.0. The highest BCUT2D eigenvalue weighted by Gasteiger charge is 2.49. The molecule has 2 aromatic rings. The van der Waals surface area contributed by atoms with Crippen molar-refractivity contribution in [3.8, 4) is 0 Å². The van der Waals surface area contributed by atoms with E-state index in [1.165, 1.54) is 6.92 Å². The normalized spacial score (nSPS) is 16.8. The van der Waals surface area contributed by atoms with Gasteiger partial charge in [-0.2, -0.15) is 0 Å². The largest absolute Gasteiger partial charge is 0.453 e. The van der Waals surface area contributed by atoms with Crippen molar-refractivity contribution in [2.24, 2.45) is 0 Å². The second-order valence-corrected chi connectivity index (χ2v) is 7.28. The number of hydrogen-bond acceptors (Lipinski definition) is 5. The number of nitrogens with zero attached hydrogens (tertiary/aromatic N) is 1. The summed E-state index contributed by atoms with van der Waals surface area (Å²) in [7, 11) is 0. The van der Waals surface area contributed by atoms with Gasteiger partial charge in [0.25, 0.3) is 5.91 Å². The molecule has 1 fully saturated rings. The van der Waals surface area contributed by atoms with Crippen molar-refractivity contribution in [3.05, 3.63) is 35.5 Å². The minimum atomic E-state index is -1.05. The van der Waals surface area contributed by atoms with Crippen molar-refractivity contribution in [3.63, 3.8) is 0 Å². The minimum Gasteiger partial charge on any atom is -0.453 e. The van der Waals surface area contributed by atoms with Crippen molar-refractivity contribution in [1.29, 1.82) is 0 Å². The molecular formula is C21H25N3O5. The second-order valence-electron chi connectivity index (χ2n) is 7.28. The topological polar surface area (TPSA) is 109 Å². The summed E-state index contributed by atoms with van der Waals surface area (Å²) in [5.74, 6) is -1.60. The molecule has 8 heteroatoms. The Morgan fingerprint density at radius 3 is 2.45 bits per heavy atom. The van der Waals surface area contributed by atoms with Gasteiger partial charge in [0.15, 0.2) is 6.10 Å². The molecule has 1 aliphatic rings. The number of ketones is 1. The van der Waals surface area contributed by atoms with Crippen molar-refractivity contribution in [2.75, 3.05) is 6.54 Å². The zero-order chi connectivity index (χ0) is 21.3. The number of H-pyrrole nitrogens is 1. The van der Waals surface area contributed by atoms with Gasteiger partial charge in [0.2, 0.25) is 5.78 Å². The number of imide groups is 1. The number of nitrogens with one attached hydrogen (secondary N) is 2. The van der Waals surface area contributed by atoms with Gasteiger partial charge in [0.05, 0.1) is 0 Å². The lowest BCUT2D eigenvalue weighted by Crippen LogP contribution is -2.46. The molecular weight excluding hydrogens is 374 g/mol. The number of rotatable bonds is 7. The maximum atomic E-state index is 12.9. The van der Waals surface area contributed by atoms with E-state index in [-0.39, 0.29) is 5.78 Å². The number of Topliss-reactive ketones (excluding diaryl/α,β-unsaturated/α-hetero) is 1. The predicted octanol–water partition coefficient (Wildman–Crippen LogP) is 2.70. The van der Waals surface area contributed by atoms with E-state index in [1.54, 1.807) is 20.8 Å². The predicted molar refractivity (Wildman–Crippen MR) is 106 cm³/mol. The molecule has 0 radical (unpaired) electrons. The Balaban J connectivity index is 1.71. The molecule has 1 aliphatic heterocycles. The van der Waals surface area contributed by atoms with Crippen LogP contribution in [0.5, 0.6) is 0 Å². The molecule has 1 aromatic carbocycles. The lowest BCUT2D eigenvalue weighted by molar-refractivity contribution is -0.150. The third-order valence-electron chi connectivity index (χ3n) is 5.56. The third-order valence-corrected chi connectivity index (χ3v) is 5.56. The van der Waals surface area contributed by atoms with Crippen LogP contribution in [0.25, 0.3) is 10.9 Å². The molecule has 0 bridgehead atoms. The summed E-state index contributed by atoms with van der Waals surface area (Å²) in [6.07, 6.45) is -0.203. The summed E-state index contributed by atoms with van der Waals surface area (Å²) >= 11 is 0. The van der Waals surface area contributed by atoms with Crippen LogP contribution in [0.2, 0.25) is 0 Å². The smallest absolute Gasteiger partial charge is 0.326 e. The number of hydrogen-bond donors (Lipinski definition) is 2. The average Bonchev–Trinajstić information content (AvgIpc) is 3.15. The first kappa shape index (κ1) is 20.6. The molecule has 2 heterocycles. The Hall–Kier alpha value is -3.16. The summed E-state index contributed by atoms with van der Waals surface area (Å²) in [5, 5.41) is 3.41. The average molecular weight is 399 g/mol. The number of aromatic amines is 1. The Bertz CT molecular complexity index is 989. The van der Waals surface area contributed by atoms with Crippen LogP contribution in [0.1, 0.15) is 49.7 Å². The molecule has 0 spiro atoms. The van der Waals surface area contributed by atoms with Crippen molar-refractivity contribution >= 4 is 34.6 Å². The van der Waals surface area contributed by atoms with Gasteiger partial charge in [0, 0.05) is 22.2 Å². The van der Waals surface area contributed by atoms with Gasteiger partial charge in [-0.05, 0) is 32.8 Å². The summed E-state index contributed by atoms with van der Waals surface area (Å²) in [5.41, 5.74) is 0.984. The van der Waals surface area contributed by atoms with Gasteiger partial charge in [-0.25, -0.2) is 4.79 Å². The number of ether oxygens (including phenoxy) is 1. The van der Waals surface area contributed by atoms with Crippen molar-refractivity contribution in [2.45, 2.75) is 52.2 Å². The number of carbonyl (C=O) groups excluding carboxylic acids is 4. The summed E-state index contributed by atoms with van der Waals surface area (Å²) in [6, 6.07) is 6.75. The molecule has 0 aliphatic carbocycles. The maximum absolute atomic E-state index is 12.9. The Labute approximate surface area is 168 Å².